The molecule has 0 N–H and O–H groups in total. The van der Waals surface area contributed by atoms with Gasteiger partial charge in [-0.2, -0.15) is 0 Å². The van der Waals surface area contributed by atoms with Gasteiger partial charge in [0.25, 0.3) is 5.91 Å². The van der Waals surface area contributed by atoms with Gasteiger partial charge in [-0.1, -0.05) is 86.8 Å². The molecule has 232 valence electrons. The zero-order valence-corrected chi connectivity index (χ0v) is 26.9. The Balaban J connectivity index is 1.49. The number of nitrogens with zero attached hydrogens (tertiary/aromatic N) is 4. The van der Waals surface area contributed by atoms with Crippen molar-refractivity contribution in [2.45, 2.75) is 77.5 Å². The van der Waals surface area contributed by atoms with Crippen molar-refractivity contribution in [1.82, 2.24) is 18.9 Å². The molecule has 0 bridgehead atoms. The fourth-order valence-corrected chi connectivity index (χ4v) is 7.97. The highest BCUT2D eigenvalue weighted by atomic mass is 16.2. The van der Waals surface area contributed by atoms with Gasteiger partial charge < -0.3 is 18.9 Å². The molecule has 0 radical (unpaired) electrons. The molecule has 45 heavy (non-hydrogen) atoms. The molecule has 0 saturated heterocycles. The van der Waals surface area contributed by atoms with Gasteiger partial charge in [0, 0.05) is 66.2 Å². The summed E-state index contributed by atoms with van der Waals surface area (Å²) in [6, 6.07) is 23.2. The van der Waals surface area contributed by atoms with E-state index in [0.717, 1.165) is 60.2 Å². The number of hydrogen-bond acceptors (Lipinski definition) is 3. The van der Waals surface area contributed by atoms with Crippen LogP contribution in [0, 0.1) is 0 Å². The van der Waals surface area contributed by atoms with Crippen LogP contribution in [0.15, 0.2) is 66.7 Å². The van der Waals surface area contributed by atoms with Crippen LogP contribution in [0.2, 0.25) is 0 Å². The minimum absolute atomic E-state index is 0.0738. The van der Waals surface area contributed by atoms with Gasteiger partial charge in [0.1, 0.15) is 12.0 Å². The lowest BCUT2D eigenvalue weighted by Crippen LogP contribution is -2.30. The monoisotopic (exact) mass is 600 g/mol. The van der Waals surface area contributed by atoms with Crippen LogP contribution in [0.25, 0.3) is 33.1 Å². The number of carbonyl (C=O) groups excluding carboxylic acids is 2. The van der Waals surface area contributed by atoms with Crippen molar-refractivity contribution in [3.05, 3.63) is 94.7 Å². The molecule has 1 fully saturated rings. The van der Waals surface area contributed by atoms with Crippen LogP contribution < -0.4 is 0 Å². The standard InChI is InChI=1S/C39H44N4O2/c1-4-40(2)25-33-30-17-11-18-32-36(30)43(38(33)39(45)41(3)24-27-13-7-5-8-14-27)22-12-21-42-34-23-28(26-44)19-20-31(34)35(37(32)42)29-15-9-6-10-16-29/h5,7-8,11,13-14,17-20,23,26,29H,4,6,9-10,12,15-16,21-22,24-25H2,1-3H3. The quantitative estimate of drug-likeness (QED) is 0.169. The molecule has 6 heteroatoms. The van der Waals surface area contributed by atoms with E-state index < -0.39 is 0 Å². The molecule has 3 aromatic carbocycles. The summed E-state index contributed by atoms with van der Waals surface area (Å²) in [5.74, 6) is 0.561. The molecule has 2 aromatic heterocycles. The zero-order chi connectivity index (χ0) is 31.1. The van der Waals surface area contributed by atoms with E-state index in [-0.39, 0.29) is 5.91 Å². The maximum atomic E-state index is 14.5. The van der Waals surface area contributed by atoms with Crippen molar-refractivity contribution < 1.29 is 9.59 Å². The van der Waals surface area contributed by atoms with E-state index in [1.165, 1.54) is 65.2 Å². The molecule has 0 atom stereocenters. The fraction of sp³-hybridized carbons (Fsp3) is 0.385. The van der Waals surface area contributed by atoms with Crippen LogP contribution in [-0.2, 0) is 26.2 Å². The molecule has 1 aliphatic heterocycles. The van der Waals surface area contributed by atoms with E-state index in [1.54, 1.807) is 0 Å². The molecule has 0 unspecified atom stereocenters. The van der Waals surface area contributed by atoms with Gasteiger partial charge in [-0.3, -0.25) is 9.59 Å². The third kappa shape index (κ3) is 5.19. The average Bonchev–Trinajstić information content (AvgIpc) is 3.55. The molecule has 7 rings (SSSR count). The van der Waals surface area contributed by atoms with Gasteiger partial charge >= 0.3 is 0 Å². The van der Waals surface area contributed by atoms with Crippen molar-refractivity contribution >= 4 is 34.0 Å². The number of carbonyl (C=O) groups is 2. The maximum Gasteiger partial charge on any atom is 0.270 e. The van der Waals surface area contributed by atoms with Crippen molar-refractivity contribution in [2.75, 3.05) is 20.6 Å². The molecular formula is C39H44N4O2. The number of para-hydroxylation sites is 1. The van der Waals surface area contributed by atoms with Gasteiger partial charge in [0.15, 0.2) is 0 Å². The van der Waals surface area contributed by atoms with Crippen molar-refractivity contribution in [1.29, 1.82) is 0 Å². The van der Waals surface area contributed by atoms with Gasteiger partial charge in [-0.25, -0.2) is 0 Å². The predicted octanol–water partition coefficient (Wildman–Crippen LogP) is 8.25. The second-order valence-corrected chi connectivity index (χ2v) is 13.2. The van der Waals surface area contributed by atoms with Gasteiger partial charge in [0.2, 0.25) is 0 Å². The lowest BCUT2D eigenvalue weighted by Gasteiger charge is -2.26. The van der Waals surface area contributed by atoms with Crippen molar-refractivity contribution in [3.8, 4) is 11.3 Å². The second-order valence-electron chi connectivity index (χ2n) is 13.2. The number of fused-ring (bicyclic) bond motifs is 4. The Kier molecular flexibility index (Phi) is 8.09. The number of aromatic nitrogens is 2. The number of benzene rings is 3. The van der Waals surface area contributed by atoms with E-state index in [0.29, 0.717) is 19.0 Å². The Labute approximate surface area is 266 Å². The van der Waals surface area contributed by atoms with E-state index in [9.17, 15) is 9.59 Å². The number of aryl methyl sites for hydroxylation is 2. The van der Waals surface area contributed by atoms with E-state index in [4.69, 9.17) is 0 Å². The van der Waals surface area contributed by atoms with Crippen LogP contribution in [0.5, 0.6) is 0 Å². The Bertz CT molecular complexity index is 1880. The lowest BCUT2D eigenvalue weighted by atomic mass is 9.81. The highest BCUT2D eigenvalue weighted by Crippen LogP contribution is 2.47. The van der Waals surface area contributed by atoms with Crippen LogP contribution in [0.3, 0.4) is 0 Å². The van der Waals surface area contributed by atoms with Crippen molar-refractivity contribution in [2.24, 2.45) is 0 Å². The summed E-state index contributed by atoms with van der Waals surface area (Å²) in [4.78, 5) is 30.6. The Morgan fingerprint density at radius 2 is 1.64 bits per heavy atom. The molecule has 1 saturated carbocycles. The first-order valence-corrected chi connectivity index (χ1v) is 16.7. The summed E-state index contributed by atoms with van der Waals surface area (Å²) < 4.78 is 4.86. The first kappa shape index (κ1) is 29.5. The van der Waals surface area contributed by atoms with E-state index in [1.807, 2.05) is 36.2 Å². The number of rotatable bonds is 8. The van der Waals surface area contributed by atoms with Gasteiger partial charge in [0.05, 0.1) is 11.2 Å². The Morgan fingerprint density at radius 1 is 0.867 bits per heavy atom. The fourth-order valence-electron chi connectivity index (χ4n) is 7.97. The second kappa shape index (κ2) is 12.3. The zero-order valence-electron chi connectivity index (χ0n) is 26.9. The van der Waals surface area contributed by atoms with Crippen LogP contribution in [-0.4, -0.2) is 51.8 Å². The SMILES string of the molecule is CCN(C)Cc1c(C(=O)N(C)Cc2ccccc2)n2c3c(cccc13)-c1c(C3CCCCC3)c3ccc(C=O)cc3n1CCC2. The van der Waals surface area contributed by atoms with Crippen LogP contribution >= 0.6 is 0 Å². The maximum absolute atomic E-state index is 14.5. The molecule has 1 aliphatic carbocycles. The summed E-state index contributed by atoms with van der Waals surface area (Å²) in [5, 5.41) is 2.45. The first-order chi connectivity index (χ1) is 22.0. The first-order valence-electron chi connectivity index (χ1n) is 16.7. The molecule has 2 aliphatic rings. The smallest absolute Gasteiger partial charge is 0.270 e. The van der Waals surface area contributed by atoms with Gasteiger partial charge in [-0.15, -0.1) is 0 Å². The van der Waals surface area contributed by atoms with E-state index >= 15 is 0 Å². The van der Waals surface area contributed by atoms with Crippen molar-refractivity contribution in [3.63, 3.8) is 0 Å². The average molecular weight is 601 g/mol. The van der Waals surface area contributed by atoms with Gasteiger partial charge in [-0.05, 0) is 56.0 Å². The van der Waals surface area contributed by atoms with Crippen LogP contribution in [0.4, 0.5) is 0 Å². The predicted molar refractivity (Wildman–Crippen MR) is 183 cm³/mol. The molecular weight excluding hydrogens is 556 g/mol. The third-order valence-electron chi connectivity index (χ3n) is 10.3. The molecule has 0 spiro atoms. The topological polar surface area (TPSA) is 50.5 Å². The number of amides is 1. The third-order valence-corrected chi connectivity index (χ3v) is 10.3. The molecule has 1 amide bonds. The summed E-state index contributed by atoms with van der Waals surface area (Å²) in [6.07, 6.45) is 8.06. The normalized spacial score (nSPS) is 15.3. The minimum Gasteiger partial charge on any atom is -0.340 e. The summed E-state index contributed by atoms with van der Waals surface area (Å²) in [7, 11) is 4.07. The number of aldehydes is 1. The molecule has 5 aromatic rings. The van der Waals surface area contributed by atoms with E-state index in [2.05, 4.69) is 70.5 Å². The summed E-state index contributed by atoms with van der Waals surface area (Å²) in [6.45, 7) is 5.95. The molecule has 3 heterocycles. The summed E-state index contributed by atoms with van der Waals surface area (Å²) in [5.41, 5.74) is 10.1. The Hall–Kier alpha value is -4.16. The molecule has 6 nitrogen and oxygen atoms in total. The largest absolute Gasteiger partial charge is 0.340 e. The minimum atomic E-state index is 0.0738. The summed E-state index contributed by atoms with van der Waals surface area (Å²) >= 11 is 0. The highest BCUT2D eigenvalue weighted by molar-refractivity contribution is 6.07. The lowest BCUT2D eigenvalue weighted by molar-refractivity contribution is 0.0772. The number of hydrogen-bond donors (Lipinski definition) is 0. The van der Waals surface area contributed by atoms with Crippen LogP contribution in [0.1, 0.15) is 88.9 Å². The Morgan fingerprint density at radius 3 is 2.40 bits per heavy atom. The highest BCUT2D eigenvalue weighted by Gasteiger charge is 2.32.